The summed E-state index contributed by atoms with van der Waals surface area (Å²) in [5, 5.41) is 8.22. The van der Waals surface area contributed by atoms with Gasteiger partial charge in [-0.2, -0.15) is 0 Å². The molecule has 0 aromatic rings. The first-order valence-electron chi connectivity index (χ1n) is 7.82. The van der Waals surface area contributed by atoms with Gasteiger partial charge in [-0.25, -0.2) is 0 Å². The monoisotopic (exact) mass is 494 g/mol. The van der Waals surface area contributed by atoms with Crippen LogP contribution in [-0.4, -0.2) is 35.5 Å². The predicted molar refractivity (Wildman–Crippen MR) is 87.7 cm³/mol. The molecule has 2 bridgehead atoms. The Balaban J connectivity index is 1.38. The van der Waals surface area contributed by atoms with E-state index in [1.165, 1.54) is 17.3 Å². The minimum atomic E-state index is -0.252. The van der Waals surface area contributed by atoms with E-state index in [-0.39, 0.29) is 34.0 Å². The SMILES string of the molecule is N=C1C2CC3C1CC31CC1(C(=O)OCCC[CH2][SnH][I])C2. The Hall–Kier alpha value is 0.669. The summed E-state index contributed by atoms with van der Waals surface area (Å²) >= 11 is 2.33. The number of hydrogen-bond donors (Lipinski definition) is 1. The van der Waals surface area contributed by atoms with Crippen LogP contribution < -0.4 is 0 Å². The topological polar surface area (TPSA) is 50.2 Å². The van der Waals surface area contributed by atoms with E-state index in [0.717, 1.165) is 31.4 Å². The number of carbonyl (C=O) groups is 1. The van der Waals surface area contributed by atoms with Gasteiger partial charge in [-0.15, -0.1) is 0 Å². The normalized spacial score (nSPS) is 46.6. The van der Waals surface area contributed by atoms with Gasteiger partial charge in [-0.05, 0) is 0 Å². The standard InChI is InChI=1S/C15H20NO2.HI.Sn.H/c1-2-3-4-18-13(17)15-6-9-5-11-10(12(9)16)7-14(11,15)8-15;;;/h9-11,16H,1-8H2;1H;;/q;;+1;/p-1. The Morgan fingerprint density at radius 1 is 1.45 bits per heavy atom. The summed E-state index contributed by atoms with van der Waals surface area (Å²) < 4.78 is 7.04. The summed E-state index contributed by atoms with van der Waals surface area (Å²) in [5.74, 6) is 1.70. The Morgan fingerprint density at radius 2 is 2.30 bits per heavy atom. The summed E-state index contributed by atoms with van der Waals surface area (Å²) in [6.07, 6.45) is 6.61. The third-order valence-corrected chi connectivity index (χ3v) is 12.5. The molecule has 0 amide bonds. The molecule has 1 spiro atoms. The molecule has 1 radical (unpaired) electrons. The molecule has 20 heavy (non-hydrogen) atoms. The molecule has 0 aromatic heterocycles. The maximum absolute atomic E-state index is 12.6. The quantitative estimate of drug-likeness (QED) is 0.268. The van der Waals surface area contributed by atoms with E-state index in [2.05, 4.69) is 18.6 Å². The molecule has 109 valence electrons. The van der Waals surface area contributed by atoms with E-state index in [1.54, 1.807) is 0 Å². The van der Waals surface area contributed by atoms with Crippen LogP contribution in [-0.2, 0) is 9.53 Å². The van der Waals surface area contributed by atoms with Crippen molar-refractivity contribution in [3.8, 4) is 0 Å². The number of rotatable bonds is 6. The van der Waals surface area contributed by atoms with Crippen molar-refractivity contribution < 1.29 is 9.53 Å². The molecule has 5 atom stereocenters. The molecule has 4 fully saturated rings. The summed E-state index contributed by atoms with van der Waals surface area (Å²) in [6, 6.07) is 0. The van der Waals surface area contributed by atoms with Gasteiger partial charge in [0.2, 0.25) is 0 Å². The second kappa shape index (κ2) is 4.83. The van der Waals surface area contributed by atoms with Crippen LogP contribution in [0, 0.1) is 34.0 Å². The van der Waals surface area contributed by atoms with E-state index in [0.29, 0.717) is 24.4 Å². The van der Waals surface area contributed by atoms with E-state index >= 15 is 0 Å². The molecule has 0 saturated heterocycles. The fourth-order valence-electron chi connectivity index (χ4n) is 5.49. The Labute approximate surface area is 139 Å². The molecule has 5 unspecified atom stereocenters. The third-order valence-electron chi connectivity index (χ3n) is 6.53. The fraction of sp³-hybridized carbons (Fsp3) is 0.867. The van der Waals surface area contributed by atoms with Gasteiger partial charge in [-0.1, -0.05) is 0 Å². The third kappa shape index (κ3) is 1.69. The van der Waals surface area contributed by atoms with Crippen molar-refractivity contribution in [1.29, 1.82) is 5.41 Å². The van der Waals surface area contributed by atoms with E-state index in [9.17, 15) is 4.79 Å². The van der Waals surface area contributed by atoms with Crippen LogP contribution in [0.1, 0.15) is 38.5 Å². The summed E-state index contributed by atoms with van der Waals surface area (Å²) in [5.41, 5.74) is 1.10. The average Bonchev–Trinajstić information content (AvgIpc) is 3.08. The first-order chi connectivity index (χ1) is 9.64. The van der Waals surface area contributed by atoms with Crippen LogP contribution in [0.2, 0.25) is 4.44 Å². The number of halogens is 1. The first kappa shape index (κ1) is 14.3. The second-order valence-corrected chi connectivity index (χ2v) is 15.6. The van der Waals surface area contributed by atoms with Crippen molar-refractivity contribution in [3.05, 3.63) is 0 Å². The zero-order valence-electron chi connectivity index (χ0n) is 11.7. The molecule has 4 rings (SSSR count). The molecule has 4 aliphatic rings. The van der Waals surface area contributed by atoms with Gasteiger partial charge in [0.05, 0.1) is 0 Å². The summed E-state index contributed by atoms with van der Waals surface area (Å²) in [4.78, 5) is 12.6. The molecule has 0 aliphatic heterocycles. The van der Waals surface area contributed by atoms with Gasteiger partial charge in [0.1, 0.15) is 0 Å². The molecule has 0 heterocycles. The molecular weight excluding hydrogens is 472 g/mol. The van der Waals surface area contributed by atoms with Crippen LogP contribution in [0.15, 0.2) is 0 Å². The van der Waals surface area contributed by atoms with Crippen molar-refractivity contribution in [2.45, 2.75) is 43.0 Å². The van der Waals surface area contributed by atoms with Crippen LogP contribution in [0.5, 0.6) is 0 Å². The zero-order valence-corrected chi connectivity index (χ0v) is 17.1. The number of nitrogens with one attached hydrogen (secondary N) is 1. The van der Waals surface area contributed by atoms with Crippen molar-refractivity contribution in [2.24, 2.45) is 28.6 Å². The molecule has 3 nitrogen and oxygen atoms in total. The number of esters is 1. The zero-order chi connectivity index (χ0) is 14.0. The van der Waals surface area contributed by atoms with Crippen molar-refractivity contribution in [3.63, 3.8) is 0 Å². The number of carbonyl (C=O) groups excluding carboxylic acids is 1. The molecule has 4 saturated carbocycles. The Kier molecular flexibility index (Phi) is 3.45. The first-order valence-corrected chi connectivity index (χ1v) is 19.8. The predicted octanol–water partition coefficient (Wildman–Crippen LogP) is 2.97. The Morgan fingerprint density at radius 3 is 3.10 bits per heavy atom. The van der Waals surface area contributed by atoms with E-state index < -0.39 is 0 Å². The number of hydrogen-bond acceptors (Lipinski definition) is 3. The summed E-state index contributed by atoms with van der Waals surface area (Å²) in [6.45, 7) is 0.631. The summed E-state index contributed by atoms with van der Waals surface area (Å²) in [7, 11) is 0. The Bertz CT molecular complexity index is 484. The van der Waals surface area contributed by atoms with Gasteiger partial charge < -0.3 is 0 Å². The van der Waals surface area contributed by atoms with Gasteiger partial charge in [0, 0.05) is 0 Å². The average molecular weight is 493 g/mol. The van der Waals surface area contributed by atoms with Gasteiger partial charge >= 0.3 is 141 Å². The number of fused-ring (bicyclic) bond motifs is 1. The number of ether oxygens (including phenoxy) is 1. The van der Waals surface area contributed by atoms with Crippen LogP contribution in [0.25, 0.3) is 0 Å². The van der Waals surface area contributed by atoms with Crippen LogP contribution in [0.4, 0.5) is 0 Å². The van der Waals surface area contributed by atoms with E-state index in [4.69, 9.17) is 10.1 Å². The number of unbranched alkanes of at least 4 members (excludes halogenated alkanes) is 1. The van der Waals surface area contributed by atoms with Gasteiger partial charge in [0.15, 0.2) is 0 Å². The molecule has 4 aliphatic carbocycles. The minimum absolute atomic E-state index is 0.0941. The van der Waals surface area contributed by atoms with Gasteiger partial charge in [0.25, 0.3) is 0 Å². The molecular formula is C15H21INO2Sn. The maximum atomic E-state index is 12.6. The fourth-order valence-corrected chi connectivity index (χ4v) is 9.70. The molecule has 5 heteroatoms. The van der Waals surface area contributed by atoms with E-state index in [1.807, 2.05) is 0 Å². The molecule has 0 aromatic carbocycles. The van der Waals surface area contributed by atoms with Crippen molar-refractivity contribution in [2.75, 3.05) is 6.61 Å². The second-order valence-electron chi connectivity index (χ2n) is 7.21. The van der Waals surface area contributed by atoms with Crippen LogP contribution in [0.3, 0.4) is 0 Å². The van der Waals surface area contributed by atoms with Gasteiger partial charge in [-0.3, -0.25) is 0 Å². The molecule has 1 N–H and O–H groups in total. The van der Waals surface area contributed by atoms with Crippen molar-refractivity contribution in [1.82, 2.24) is 0 Å². The van der Waals surface area contributed by atoms with Crippen LogP contribution >= 0.6 is 18.6 Å². The van der Waals surface area contributed by atoms with Crippen molar-refractivity contribution >= 4 is 47.5 Å².